The largest absolute Gasteiger partial charge is 0.296 e. The number of rotatable bonds is 2. The minimum absolute atomic E-state index is 0.896. The van der Waals surface area contributed by atoms with Crippen molar-refractivity contribution in [3.8, 4) is 0 Å². The summed E-state index contributed by atoms with van der Waals surface area (Å²) in [5, 5.41) is 0. The maximum absolute atomic E-state index is 3.77. The molecular weight excluding hydrogens is 98.1 g/mol. The molecule has 0 unspecified atom stereocenters. The molecule has 0 heterocycles. The third-order valence-electron chi connectivity index (χ3n) is 0.833. The summed E-state index contributed by atoms with van der Waals surface area (Å²) in [6.07, 6.45) is 1.70. The highest BCUT2D eigenvalue weighted by Gasteiger charge is 1.84. The predicted molar refractivity (Wildman–Crippen MR) is 38.4 cm³/mol. The Bertz CT molecular complexity index is 131. The lowest BCUT2D eigenvalue weighted by atomic mass is 10.2. The van der Waals surface area contributed by atoms with Crippen LogP contribution in [0.25, 0.3) is 0 Å². The Morgan fingerprint density at radius 1 is 1.50 bits per heavy atom. The van der Waals surface area contributed by atoms with Crippen molar-refractivity contribution in [3.05, 3.63) is 24.3 Å². The van der Waals surface area contributed by atoms with Gasteiger partial charge in [0.15, 0.2) is 0 Å². The normalized spacial score (nSPS) is 9.75. The van der Waals surface area contributed by atoms with Gasteiger partial charge in [0, 0.05) is 13.3 Å². The van der Waals surface area contributed by atoms with Gasteiger partial charge in [0.25, 0.3) is 0 Å². The van der Waals surface area contributed by atoms with Crippen LogP contribution in [0, 0.1) is 0 Å². The van der Waals surface area contributed by atoms with Gasteiger partial charge in [-0.1, -0.05) is 18.7 Å². The van der Waals surface area contributed by atoms with Crippen LogP contribution in [0.15, 0.2) is 29.3 Å². The first kappa shape index (κ1) is 7.15. The lowest BCUT2D eigenvalue weighted by Crippen LogP contribution is -1.80. The molecule has 0 aliphatic rings. The Labute approximate surface area is 50.4 Å². The SMILES string of the molecule is C=C(C)C(=C)C=NC. The molecule has 0 spiro atoms. The molecule has 0 saturated carbocycles. The fourth-order valence-electron chi connectivity index (χ4n) is 0.266. The van der Waals surface area contributed by atoms with E-state index < -0.39 is 0 Å². The van der Waals surface area contributed by atoms with Gasteiger partial charge in [0.2, 0.25) is 0 Å². The Morgan fingerprint density at radius 2 is 2.00 bits per heavy atom. The molecule has 0 aliphatic heterocycles. The van der Waals surface area contributed by atoms with Crippen molar-refractivity contribution in [3.63, 3.8) is 0 Å². The molecule has 0 aromatic rings. The van der Waals surface area contributed by atoms with E-state index in [2.05, 4.69) is 18.2 Å². The molecule has 0 aliphatic carbocycles. The minimum atomic E-state index is 0.896. The standard InChI is InChI=1S/C7H11N/c1-6(2)7(3)5-8-4/h5H,1,3H2,2,4H3. The van der Waals surface area contributed by atoms with Gasteiger partial charge in [-0.3, -0.25) is 4.99 Å². The number of hydrogen-bond donors (Lipinski definition) is 0. The van der Waals surface area contributed by atoms with Crippen LogP contribution in [-0.2, 0) is 0 Å². The summed E-state index contributed by atoms with van der Waals surface area (Å²) in [5.74, 6) is 0. The summed E-state index contributed by atoms with van der Waals surface area (Å²) < 4.78 is 0. The Balaban J connectivity index is 3.85. The van der Waals surface area contributed by atoms with Crippen LogP contribution >= 0.6 is 0 Å². The molecule has 1 heteroatoms. The highest BCUT2D eigenvalue weighted by Crippen LogP contribution is 1.97. The van der Waals surface area contributed by atoms with Gasteiger partial charge >= 0.3 is 0 Å². The zero-order valence-corrected chi connectivity index (χ0v) is 5.44. The number of hydrogen-bond acceptors (Lipinski definition) is 1. The van der Waals surface area contributed by atoms with Gasteiger partial charge in [-0.15, -0.1) is 0 Å². The van der Waals surface area contributed by atoms with Crippen molar-refractivity contribution >= 4 is 6.21 Å². The van der Waals surface area contributed by atoms with Crippen molar-refractivity contribution in [1.29, 1.82) is 0 Å². The first-order chi connectivity index (χ1) is 3.68. The molecule has 0 N–H and O–H groups in total. The Kier molecular flexibility index (Phi) is 2.85. The van der Waals surface area contributed by atoms with Crippen LogP contribution in [0.4, 0.5) is 0 Å². The second-order valence-corrected chi connectivity index (χ2v) is 1.69. The van der Waals surface area contributed by atoms with Crippen LogP contribution in [0.1, 0.15) is 6.92 Å². The van der Waals surface area contributed by atoms with Crippen LogP contribution < -0.4 is 0 Å². The van der Waals surface area contributed by atoms with Crippen LogP contribution in [0.3, 0.4) is 0 Å². The van der Waals surface area contributed by atoms with Crippen LogP contribution in [-0.4, -0.2) is 13.3 Å². The molecule has 8 heavy (non-hydrogen) atoms. The number of allylic oxidation sites excluding steroid dienone is 2. The van der Waals surface area contributed by atoms with Crippen molar-refractivity contribution in [2.24, 2.45) is 4.99 Å². The van der Waals surface area contributed by atoms with E-state index in [9.17, 15) is 0 Å². The zero-order valence-electron chi connectivity index (χ0n) is 5.44. The maximum atomic E-state index is 3.77. The Morgan fingerprint density at radius 3 is 2.12 bits per heavy atom. The smallest absolute Gasteiger partial charge is 0.0277 e. The molecule has 1 nitrogen and oxygen atoms in total. The van der Waals surface area contributed by atoms with E-state index in [0.717, 1.165) is 11.1 Å². The second-order valence-electron chi connectivity index (χ2n) is 1.69. The molecule has 0 aromatic carbocycles. The maximum Gasteiger partial charge on any atom is 0.0277 e. The monoisotopic (exact) mass is 109 g/mol. The summed E-state index contributed by atoms with van der Waals surface area (Å²) >= 11 is 0. The molecule has 0 rings (SSSR count). The van der Waals surface area contributed by atoms with Crippen molar-refractivity contribution in [1.82, 2.24) is 0 Å². The zero-order chi connectivity index (χ0) is 6.57. The van der Waals surface area contributed by atoms with Crippen molar-refractivity contribution < 1.29 is 0 Å². The van der Waals surface area contributed by atoms with Gasteiger partial charge in [-0.25, -0.2) is 0 Å². The molecule has 0 fully saturated rings. The highest BCUT2D eigenvalue weighted by atomic mass is 14.6. The van der Waals surface area contributed by atoms with E-state index in [1.165, 1.54) is 0 Å². The molecule has 44 valence electrons. The fourth-order valence-corrected chi connectivity index (χ4v) is 0.266. The summed E-state index contributed by atoms with van der Waals surface area (Å²) in [4.78, 5) is 3.77. The quantitative estimate of drug-likeness (QED) is 0.379. The van der Waals surface area contributed by atoms with Gasteiger partial charge < -0.3 is 0 Å². The van der Waals surface area contributed by atoms with Crippen LogP contribution in [0.2, 0.25) is 0 Å². The molecule has 0 atom stereocenters. The Hall–Kier alpha value is -0.850. The van der Waals surface area contributed by atoms with E-state index >= 15 is 0 Å². The molecule has 0 amide bonds. The van der Waals surface area contributed by atoms with Gasteiger partial charge in [0.05, 0.1) is 0 Å². The van der Waals surface area contributed by atoms with E-state index in [1.807, 2.05) is 6.92 Å². The molecule has 0 bridgehead atoms. The lowest BCUT2D eigenvalue weighted by molar-refractivity contribution is 1.44. The second kappa shape index (κ2) is 3.19. The third-order valence-corrected chi connectivity index (χ3v) is 0.833. The van der Waals surface area contributed by atoms with E-state index in [0.29, 0.717) is 0 Å². The summed E-state index contributed by atoms with van der Waals surface area (Å²) in [6, 6.07) is 0. The van der Waals surface area contributed by atoms with E-state index in [4.69, 9.17) is 0 Å². The number of aliphatic imine (C=N–C) groups is 1. The van der Waals surface area contributed by atoms with Crippen molar-refractivity contribution in [2.45, 2.75) is 6.92 Å². The molecule has 0 saturated heterocycles. The predicted octanol–water partition coefficient (Wildman–Crippen LogP) is 1.82. The first-order valence-corrected chi connectivity index (χ1v) is 2.45. The third kappa shape index (κ3) is 2.35. The van der Waals surface area contributed by atoms with Crippen LogP contribution in [0.5, 0.6) is 0 Å². The average molecular weight is 109 g/mol. The topological polar surface area (TPSA) is 12.4 Å². The molecule has 0 aromatic heterocycles. The summed E-state index contributed by atoms with van der Waals surface area (Å²) in [6.45, 7) is 9.28. The molecular formula is C7H11N. The van der Waals surface area contributed by atoms with Gasteiger partial charge in [-0.2, -0.15) is 0 Å². The van der Waals surface area contributed by atoms with Gasteiger partial charge in [-0.05, 0) is 12.5 Å². The fraction of sp³-hybridized carbons (Fsp3) is 0.286. The highest BCUT2D eigenvalue weighted by molar-refractivity contribution is 5.82. The summed E-state index contributed by atoms with van der Waals surface area (Å²) in [7, 11) is 1.72. The minimum Gasteiger partial charge on any atom is -0.296 e. The van der Waals surface area contributed by atoms with E-state index in [1.54, 1.807) is 13.3 Å². The van der Waals surface area contributed by atoms with Crippen molar-refractivity contribution in [2.75, 3.05) is 7.05 Å². The first-order valence-electron chi connectivity index (χ1n) is 2.45. The summed E-state index contributed by atoms with van der Waals surface area (Å²) in [5.41, 5.74) is 1.86. The number of nitrogens with zero attached hydrogens (tertiary/aromatic N) is 1. The van der Waals surface area contributed by atoms with Gasteiger partial charge in [0.1, 0.15) is 0 Å². The molecule has 0 radical (unpaired) electrons. The van der Waals surface area contributed by atoms with E-state index in [-0.39, 0.29) is 0 Å². The lowest BCUT2D eigenvalue weighted by Gasteiger charge is -1.91. The average Bonchev–Trinajstić information content (AvgIpc) is 1.67.